The molecular weight excluding hydrogens is 466 g/mol. The first-order valence-electron chi connectivity index (χ1n) is 4.90. The zero-order valence-corrected chi connectivity index (χ0v) is 16.7. The summed E-state index contributed by atoms with van der Waals surface area (Å²) < 4.78 is 21.9. The van der Waals surface area contributed by atoms with Gasteiger partial charge in [-0.1, -0.05) is 58.0 Å². The molecule has 1 aromatic rings. The van der Waals surface area contributed by atoms with E-state index in [-0.39, 0.29) is 10.7 Å². The van der Waals surface area contributed by atoms with Crippen LogP contribution < -0.4 is 3.71 Å². The van der Waals surface area contributed by atoms with Crippen molar-refractivity contribution in [2.75, 3.05) is 8.92 Å². The summed E-state index contributed by atoms with van der Waals surface area (Å²) >= 11 is 40.6. The van der Waals surface area contributed by atoms with Crippen LogP contribution in [0.3, 0.4) is 0 Å². The maximum absolute atomic E-state index is 12.1. The van der Waals surface area contributed by atoms with E-state index in [1.807, 2.05) is 0 Å². The van der Waals surface area contributed by atoms with Crippen molar-refractivity contribution in [3.05, 3.63) is 28.2 Å². The normalized spacial score (nSPS) is 14.0. The Kier molecular flexibility index (Phi) is 7.72. The molecule has 0 spiro atoms. The number of rotatable bonds is 5. The van der Waals surface area contributed by atoms with Crippen molar-refractivity contribution >= 4 is 109 Å². The predicted octanol–water partition coefficient (Wildman–Crippen LogP) is 5.91. The van der Waals surface area contributed by atoms with Crippen LogP contribution in [0.5, 0.6) is 0 Å². The molecule has 0 saturated heterocycles. The number of benzene rings is 1. The first kappa shape index (κ1) is 20.4. The Morgan fingerprint density at radius 1 is 1.24 bits per heavy atom. The quantitative estimate of drug-likeness (QED) is 0.395. The molecule has 0 heterocycles. The SMILES string of the molecule is O=S(=O)(CCl)N(SC(Cl)C(Cl)(Cl)Cl)c1ccc(Cl)cc1Cl. The Hall–Kier alpha value is 1.35. The van der Waals surface area contributed by atoms with E-state index in [2.05, 4.69) is 0 Å². The Morgan fingerprint density at radius 2 is 1.81 bits per heavy atom. The van der Waals surface area contributed by atoms with Crippen molar-refractivity contribution in [2.24, 2.45) is 0 Å². The summed E-state index contributed by atoms with van der Waals surface area (Å²) in [5, 5.41) is -0.291. The molecule has 0 aliphatic rings. The number of nitrogens with zero attached hydrogens (tertiary/aromatic N) is 1. The maximum Gasteiger partial charge on any atom is 0.258 e. The highest BCUT2D eigenvalue weighted by Crippen LogP contribution is 2.45. The largest absolute Gasteiger partial charge is 0.258 e. The summed E-state index contributed by atoms with van der Waals surface area (Å²) in [6, 6.07) is 4.22. The average Bonchev–Trinajstić information content (AvgIpc) is 2.35. The van der Waals surface area contributed by atoms with E-state index in [0.717, 1.165) is 3.71 Å². The summed E-state index contributed by atoms with van der Waals surface area (Å²) in [4.78, 5) is 0. The second kappa shape index (κ2) is 7.95. The lowest BCUT2D eigenvalue weighted by molar-refractivity contribution is 0.602. The van der Waals surface area contributed by atoms with Crippen molar-refractivity contribution in [3.63, 3.8) is 0 Å². The number of sulfonamides is 1. The lowest BCUT2D eigenvalue weighted by Crippen LogP contribution is -2.30. The summed E-state index contributed by atoms with van der Waals surface area (Å²) in [5.74, 6) is 0. The molecule has 0 amide bonds. The number of hydrogen-bond acceptors (Lipinski definition) is 3. The minimum absolute atomic E-state index is 0.0804. The van der Waals surface area contributed by atoms with Gasteiger partial charge in [-0.2, -0.15) is 0 Å². The number of anilines is 1. The fraction of sp³-hybridized carbons (Fsp3) is 0.333. The fourth-order valence-electron chi connectivity index (χ4n) is 1.09. The Balaban J connectivity index is 3.27. The molecule has 3 nitrogen and oxygen atoms in total. The third-order valence-electron chi connectivity index (χ3n) is 1.94. The van der Waals surface area contributed by atoms with Gasteiger partial charge in [0.1, 0.15) is 9.92 Å². The van der Waals surface area contributed by atoms with E-state index < -0.39 is 23.7 Å². The van der Waals surface area contributed by atoms with Gasteiger partial charge in [-0.15, -0.1) is 23.2 Å². The van der Waals surface area contributed by atoms with E-state index in [0.29, 0.717) is 17.0 Å². The second-order valence-corrected chi connectivity index (χ2v) is 11.1. The monoisotopic (exact) mass is 469 g/mol. The highest BCUT2D eigenvalue weighted by molar-refractivity contribution is 8.16. The first-order valence-corrected chi connectivity index (χ1v) is 10.2. The zero-order valence-electron chi connectivity index (χ0n) is 9.74. The first-order chi connectivity index (χ1) is 9.49. The third-order valence-corrected chi connectivity index (χ3v) is 8.10. The van der Waals surface area contributed by atoms with Gasteiger partial charge in [0.2, 0.25) is 3.79 Å². The molecule has 1 aromatic carbocycles. The summed E-state index contributed by atoms with van der Waals surface area (Å²) in [5.41, 5.74) is 0.103. The lowest BCUT2D eigenvalue weighted by atomic mass is 10.3. The van der Waals surface area contributed by atoms with Crippen molar-refractivity contribution in [1.82, 2.24) is 0 Å². The van der Waals surface area contributed by atoms with Gasteiger partial charge < -0.3 is 0 Å². The molecule has 0 aromatic heterocycles. The van der Waals surface area contributed by atoms with E-state index in [1.54, 1.807) is 0 Å². The predicted molar refractivity (Wildman–Crippen MR) is 96.1 cm³/mol. The molecular formula is C9H6Cl7NO2S2. The Bertz CT molecular complexity index is 605. The highest BCUT2D eigenvalue weighted by Gasteiger charge is 2.37. The zero-order chi connectivity index (χ0) is 16.4. The molecule has 1 rings (SSSR count). The minimum Gasteiger partial charge on any atom is -0.208 e. The minimum atomic E-state index is -3.93. The molecule has 0 saturated carbocycles. The van der Waals surface area contributed by atoms with Crippen LogP contribution in [0.2, 0.25) is 10.0 Å². The molecule has 1 unspecified atom stereocenters. The molecule has 1 atom stereocenters. The van der Waals surface area contributed by atoms with Crippen molar-refractivity contribution in [1.29, 1.82) is 0 Å². The van der Waals surface area contributed by atoms with E-state index in [4.69, 9.17) is 81.2 Å². The smallest absolute Gasteiger partial charge is 0.208 e. The average molecular weight is 472 g/mol. The van der Waals surface area contributed by atoms with Crippen LogP contribution in [-0.4, -0.2) is 22.1 Å². The van der Waals surface area contributed by atoms with Gasteiger partial charge in [-0.25, -0.2) is 12.1 Å². The molecule has 0 bridgehead atoms. The van der Waals surface area contributed by atoms with Gasteiger partial charge >= 0.3 is 0 Å². The van der Waals surface area contributed by atoms with Gasteiger partial charge in [-0.3, -0.25) is 0 Å². The van der Waals surface area contributed by atoms with E-state index in [1.165, 1.54) is 18.2 Å². The van der Waals surface area contributed by atoms with E-state index in [9.17, 15) is 8.42 Å². The van der Waals surface area contributed by atoms with Gasteiger partial charge in [0, 0.05) is 5.02 Å². The summed E-state index contributed by atoms with van der Waals surface area (Å²) in [6.45, 7) is 0. The van der Waals surface area contributed by atoms with Gasteiger partial charge in [0.25, 0.3) is 10.0 Å². The molecule has 21 heavy (non-hydrogen) atoms. The van der Waals surface area contributed by atoms with Crippen molar-refractivity contribution in [3.8, 4) is 0 Å². The molecule has 0 fully saturated rings. The van der Waals surface area contributed by atoms with E-state index >= 15 is 0 Å². The molecule has 0 N–H and O–H groups in total. The standard InChI is InChI=1S/C9H6Cl7NO2S2/c10-4-21(18,19)17(20-8(13)9(14,15)16)7-2-1-5(11)3-6(7)12/h1-3,8H,4H2. The second-order valence-electron chi connectivity index (χ2n) is 3.51. The van der Waals surface area contributed by atoms with Gasteiger partial charge in [0.05, 0.1) is 10.7 Å². The number of hydrogen-bond donors (Lipinski definition) is 0. The van der Waals surface area contributed by atoms with Crippen LogP contribution in [0.25, 0.3) is 0 Å². The van der Waals surface area contributed by atoms with Gasteiger partial charge in [-0.05, 0) is 30.1 Å². The summed E-state index contributed by atoms with van der Waals surface area (Å²) in [6.07, 6.45) is 0. The molecule has 0 radical (unpaired) electrons. The van der Waals surface area contributed by atoms with Crippen LogP contribution in [-0.2, 0) is 10.0 Å². The number of alkyl halides is 5. The highest BCUT2D eigenvalue weighted by atomic mass is 35.6. The fourth-order valence-corrected chi connectivity index (χ4v) is 4.94. The van der Waals surface area contributed by atoms with Crippen molar-refractivity contribution < 1.29 is 8.42 Å². The maximum atomic E-state index is 12.1. The van der Waals surface area contributed by atoms with Crippen LogP contribution in [0, 0.1) is 0 Å². The van der Waals surface area contributed by atoms with Crippen LogP contribution in [0.4, 0.5) is 5.69 Å². The van der Waals surface area contributed by atoms with Gasteiger partial charge in [0.15, 0.2) is 0 Å². The molecule has 12 heteroatoms. The van der Waals surface area contributed by atoms with Crippen LogP contribution in [0.15, 0.2) is 18.2 Å². The topological polar surface area (TPSA) is 37.4 Å². The Labute approximate surface area is 161 Å². The van der Waals surface area contributed by atoms with Crippen molar-refractivity contribution in [2.45, 2.75) is 8.50 Å². The molecule has 0 aliphatic heterocycles. The molecule has 120 valence electrons. The third kappa shape index (κ3) is 5.73. The van der Waals surface area contributed by atoms with Crippen LogP contribution in [0.1, 0.15) is 0 Å². The van der Waals surface area contributed by atoms with Crippen LogP contribution >= 0.6 is 93.2 Å². The lowest BCUT2D eigenvalue weighted by Gasteiger charge is -2.27. The Morgan fingerprint density at radius 3 is 2.24 bits per heavy atom. The molecule has 0 aliphatic carbocycles. The number of halogens is 7. The summed E-state index contributed by atoms with van der Waals surface area (Å²) in [7, 11) is -3.93.